The largest absolute Gasteiger partial charge is 0.109 e. The molecular formula is C15H13Cl. The predicted molar refractivity (Wildman–Crippen MR) is 67.8 cm³/mol. The highest BCUT2D eigenvalue weighted by Crippen LogP contribution is 2.47. The molecule has 0 spiro atoms. The Balaban J connectivity index is 2.15. The molecule has 0 nitrogen and oxygen atoms in total. The van der Waals surface area contributed by atoms with E-state index in [-0.39, 0.29) is 4.87 Å². The van der Waals surface area contributed by atoms with Gasteiger partial charge in [-0.1, -0.05) is 54.6 Å². The first-order valence-corrected chi connectivity index (χ1v) is 6.01. The lowest BCUT2D eigenvalue weighted by Crippen LogP contribution is -2.16. The maximum absolute atomic E-state index is 6.83. The molecule has 0 amide bonds. The van der Waals surface area contributed by atoms with Gasteiger partial charge in [-0.25, -0.2) is 0 Å². The van der Waals surface area contributed by atoms with E-state index < -0.39 is 0 Å². The maximum Gasteiger partial charge on any atom is 0.0949 e. The Labute approximate surface area is 101 Å². The average Bonchev–Trinajstić information content (AvgIpc) is 2.71. The smallest absolute Gasteiger partial charge is 0.0949 e. The van der Waals surface area contributed by atoms with Crippen LogP contribution in [0, 0.1) is 0 Å². The van der Waals surface area contributed by atoms with Crippen molar-refractivity contribution >= 4 is 11.6 Å². The van der Waals surface area contributed by atoms with E-state index in [0.29, 0.717) is 0 Å². The van der Waals surface area contributed by atoms with Gasteiger partial charge < -0.3 is 0 Å². The zero-order valence-electron chi connectivity index (χ0n) is 8.99. The maximum atomic E-state index is 6.83. The normalized spacial score (nSPS) is 23.1. The lowest BCUT2D eigenvalue weighted by molar-refractivity contribution is 0.711. The molecule has 1 atom stereocenters. The first kappa shape index (κ1) is 9.92. The monoisotopic (exact) mass is 228 g/mol. The topological polar surface area (TPSA) is 0 Å². The van der Waals surface area contributed by atoms with Crippen LogP contribution in [-0.4, -0.2) is 0 Å². The number of hydrogen-bond donors (Lipinski definition) is 0. The zero-order valence-corrected chi connectivity index (χ0v) is 9.74. The molecule has 0 saturated heterocycles. The molecule has 0 aliphatic heterocycles. The molecule has 0 bridgehead atoms. The molecular weight excluding hydrogens is 216 g/mol. The van der Waals surface area contributed by atoms with Gasteiger partial charge in [0.1, 0.15) is 0 Å². The minimum absolute atomic E-state index is 0.308. The Morgan fingerprint density at radius 1 is 0.875 bits per heavy atom. The average molecular weight is 229 g/mol. The molecule has 0 heterocycles. The van der Waals surface area contributed by atoms with E-state index in [1.807, 2.05) is 6.07 Å². The Kier molecular flexibility index (Phi) is 2.26. The van der Waals surface area contributed by atoms with Crippen LogP contribution in [0.4, 0.5) is 0 Å². The van der Waals surface area contributed by atoms with E-state index in [2.05, 4.69) is 48.5 Å². The van der Waals surface area contributed by atoms with Crippen LogP contribution in [-0.2, 0) is 11.3 Å². The summed E-state index contributed by atoms with van der Waals surface area (Å²) in [5.74, 6) is 0. The van der Waals surface area contributed by atoms with Crippen molar-refractivity contribution in [3.63, 3.8) is 0 Å². The van der Waals surface area contributed by atoms with Crippen LogP contribution in [0.25, 0.3) is 0 Å². The van der Waals surface area contributed by atoms with E-state index in [1.165, 1.54) is 16.7 Å². The first-order valence-electron chi connectivity index (χ1n) is 5.63. The molecule has 1 aliphatic rings. The van der Waals surface area contributed by atoms with Gasteiger partial charge in [-0.3, -0.25) is 0 Å². The van der Waals surface area contributed by atoms with E-state index in [0.717, 1.165) is 12.8 Å². The molecule has 0 radical (unpaired) electrons. The van der Waals surface area contributed by atoms with Crippen LogP contribution >= 0.6 is 11.6 Å². The molecule has 2 aromatic rings. The highest BCUT2D eigenvalue weighted by atomic mass is 35.5. The van der Waals surface area contributed by atoms with Crippen molar-refractivity contribution in [1.82, 2.24) is 0 Å². The van der Waals surface area contributed by atoms with Crippen molar-refractivity contribution in [3.05, 3.63) is 71.3 Å². The minimum atomic E-state index is -0.308. The van der Waals surface area contributed by atoms with Crippen molar-refractivity contribution in [2.24, 2.45) is 0 Å². The van der Waals surface area contributed by atoms with E-state index >= 15 is 0 Å². The SMILES string of the molecule is ClC1(c2ccccc2)CCc2ccccc21. The minimum Gasteiger partial charge on any atom is -0.109 e. The summed E-state index contributed by atoms with van der Waals surface area (Å²) < 4.78 is 0. The lowest BCUT2D eigenvalue weighted by Gasteiger charge is -2.23. The summed E-state index contributed by atoms with van der Waals surface area (Å²) in [6, 6.07) is 18.9. The van der Waals surface area contributed by atoms with Gasteiger partial charge in [0.15, 0.2) is 0 Å². The third-order valence-electron chi connectivity index (χ3n) is 3.41. The summed E-state index contributed by atoms with van der Waals surface area (Å²) in [6.07, 6.45) is 2.08. The number of halogens is 1. The van der Waals surface area contributed by atoms with Gasteiger partial charge in [-0.2, -0.15) is 0 Å². The molecule has 2 aromatic carbocycles. The quantitative estimate of drug-likeness (QED) is 0.645. The van der Waals surface area contributed by atoms with Crippen molar-refractivity contribution in [1.29, 1.82) is 0 Å². The first-order chi connectivity index (χ1) is 7.81. The second kappa shape index (κ2) is 3.64. The van der Waals surface area contributed by atoms with Gasteiger partial charge in [-0.05, 0) is 29.5 Å². The number of aryl methyl sites for hydroxylation is 1. The number of alkyl halides is 1. The van der Waals surface area contributed by atoms with E-state index in [1.54, 1.807) is 0 Å². The molecule has 1 aliphatic carbocycles. The molecule has 80 valence electrons. The number of fused-ring (bicyclic) bond motifs is 1. The van der Waals surface area contributed by atoms with Crippen LogP contribution in [0.2, 0.25) is 0 Å². The van der Waals surface area contributed by atoms with Crippen molar-refractivity contribution in [2.45, 2.75) is 17.7 Å². The summed E-state index contributed by atoms with van der Waals surface area (Å²) in [6.45, 7) is 0. The Morgan fingerprint density at radius 3 is 2.38 bits per heavy atom. The third-order valence-corrected chi connectivity index (χ3v) is 4.03. The predicted octanol–water partition coefficient (Wildman–Crippen LogP) is 4.12. The van der Waals surface area contributed by atoms with E-state index in [4.69, 9.17) is 11.6 Å². The van der Waals surface area contributed by atoms with Crippen LogP contribution in [0.5, 0.6) is 0 Å². The van der Waals surface area contributed by atoms with Gasteiger partial charge in [0.2, 0.25) is 0 Å². The van der Waals surface area contributed by atoms with Gasteiger partial charge in [-0.15, -0.1) is 11.6 Å². The fourth-order valence-corrected chi connectivity index (χ4v) is 2.97. The third kappa shape index (κ3) is 1.37. The lowest BCUT2D eigenvalue weighted by atomic mass is 9.92. The Morgan fingerprint density at radius 2 is 1.56 bits per heavy atom. The van der Waals surface area contributed by atoms with Crippen molar-refractivity contribution in [2.75, 3.05) is 0 Å². The summed E-state index contributed by atoms with van der Waals surface area (Å²) in [5, 5.41) is 0. The standard InChI is InChI=1S/C15H13Cl/c16-15(13-7-2-1-3-8-13)11-10-12-6-4-5-9-14(12)15/h1-9H,10-11H2. The van der Waals surface area contributed by atoms with Gasteiger partial charge in [0.25, 0.3) is 0 Å². The summed E-state index contributed by atoms with van der Waals surface area (Å²) in [4.78, 5) is -0.308. The Bertz CT molecular complexity index is 504. The molecule has 3 rings (SSSR count). The van der Waals surface area contributed by atoms with Crippen LogP contribution in [0.15, 0.2) is 54.6 Å². The number of rotatable bonds is 1. The molecule has 0 saturated carbocycles. The Hall–Kier alpha value is -1.27. The van der Waals surface area contributed by atoms with Gasteiger partial charge in [0, 0.05) is 0 Å². The van der Waals surface area contributed by atoms with Crippen molar-refractivity contribution < 1.29 is 0 Å². The fraction of sp³-hybridized carbons (Fsp3) is 0.200. The van der Waals surface area contributed by atoms with Crippen LogP contribution < -0.4 is 0 Å². The molecule has 0 aromatic heterocycles. The molecule has 1 unspecified atom stereocenters. The second-order valence-corrected chi connectivity index (χ2v) is 4.97. The van der Waals surface area contributed by atoms with Crippen LogP contribution in [0.3, 0.4) is 0 Å². The highest BCUT2D eigenvalue weighted by Gasteiger charge is 2.37. The molecule has 16 heavy (non-hydrogen) atoms. The second-order valence-electron chi connectivity index (χ2n) is 4.32. The summed E-state index contributed by atoms with van der Waals surface area (Å²) in [7, 11) is 0. The molecule has 0 fully saturated rings. The number of benzene rings is 2. The molecule has 1 heteroatoms. The fourth-order valence-electron chi connectivity index (χ4n) is 2.57. The summed E-state index contributed by atoms with van der Waals surface area (Å²) >= 11 is 6.83. The summed E-state index contributed by atoms with van der Waals surface area (Å²) in [5.41, 5.74) is 3.88. The highest BCUT2D eigenvalue weighted by molar-refractivity contribution is 6.26. The molecule has 0 N–H and O–H groups in total. The van der Waals surface area contributed by atoms with Crippen LogP contribution in [0.1, 0.15) is 23.1 Å². The number of hydrogen-bond acceptors (Lipinski definition) is 0. The zero-order chi connectivity index (χ0) is 11.0. The van der Waals surface area contributed by atoms with Gasteiger partial charge >= 0.3 is 0 Å². The van der Waals surface area contributed by atoms with Crippen molar-refractivity contribution in [3.8, 4) is 0 Å². The van der Waals surface area contributed by atoms with E-state index in [9.17, 15) is 0 Å². The van der Waals surface area contributed by atoms with Gasteiger partial charge in [0.05, 0.1) is 4.87 Å².